The van der Waals surface area contributed by atoms with Crippen LogP contribution < -0.4 is 4.90 Å². The fourth-order valence-corrected chi connectivity index (χ4v) is 1.62. The fraction of sp³-hybridized carbons (Fsp3) is 0.429. The largest absolute Gasteiger partial charge is 0.361 e. The standard InChI is InChI=1S/C14H19N/c1-5-7-13(6-2)15(4)14-10-8-12(3)9-11-14/h2,8-11,13H,5,7H2,1,3-4H3/t13-/m0/s1. The van der Waals surface area contributed by atoms with E-state index in [2.05, 4.69) is 56.0 Å². The van der Waals surface area contributed by atoms with E-state index in [-0.39, 0.29) is 6.04 Å². The van der Waals surface area contributed by atoms with E-state index in [1.165, 1.54) is 11.3 Å². The van der Waals surface area contributed by atoms with Crippen LogP contribution in [0, 0.1) is 19.3 Å². The monoisotopic (exact) mass is 201 g/mol. The molecule has 0 saturated heterocycles. The Labute approximate surface area is 93.1 Å². The first kappa shape index (κ1) is 11.7. The van der Waals surface area contributed by atoms with Crippen LogP contribution in [0.15, 0.2) is 24.3 Å². The van der Waals surface area contributed by atoms with E-state index in [1.54, 1.807) is 0 Å². The van der Waals surface area contributed by atoms with E-state index in [9.17, 15) is 0 Å². The Kier molecular flexibility index (Phi) is 4.24. The Morgan fingerprint density at radius 1 is 1.33 bits per heavy atom. The number of hydrogen-bond acceptors (Lipinski definition) is 1. The highest BCUT2D eigenvalue weighted by atomic mass is 15.1. The first-order valence-electron chi connectivity index (χ1n) is 5.44. The first-order chi connectivity index (χ1) is 7.19. The van der Waals surface area contributed by atoms with Gasteiger partial charge in [0.1, 0.15) is 0 Å². The summed E-state index contributed by atoms with van der Waals surface area (Å²) in [6.07, 6.45) is 7.69. The highest BCUT2D eigenvalue weighted by Gasteiger charge is 2.10. The number of rotatable bonds is 4. The molecule has 0 aliphatic carbocycles. The summed E-state index contributed by atoms with van der Waals surface area (Å²) in [5.41, 5.74) is 2.47. The van der Waals surface area contributed by atoms with Crippen molar-refractivity contribution in [2.45, 2.75) is 32.7 Å². The summed E-state index contributed by atoms with van der Waals surface area (Å²) in [4.78, 5) is 2.17. The zero-order valence-corrected chi connectivity index (χ0v) is 9.83. The predicted octanol–water partition coefficient (Wildman–Crippen LogP) is 3.23. The zero-order chi connectivity index (χ0) is 11.3. The minimum atomic E-state index is 0.206. The molecule has 80 valence electrons. The van der Waals surface area contributed by atoms with E-state index in [0.717, 1.165) is 12.8 Å². The minimum absolute atomic E-state index is 0.206. The van der Waals surface area contributed by atoms with E-state index in [0.29, 0.717) is 0 Å². The molecule has 0 aliphatic heterocycles. The van der Waals surface area contributed by atoms with E-state index < -0.39 is 0 Å². The van der Waals surface area contributed by atoms with Crippen LogP contribution in [0.25, 0.3) is 0 Å². The van der Waals surface area contributed by atoms with Gasteiger partial charge in [-0.25, -0.2) is 0 Å². The Balaban J connectivity index is 2.79. The van der Waals surface area contributed by atoms with Crippen molar-refractivity contribution in [1.29, 1.82) is 0 Å². The molecule has 1 rings (SSSR count). The molecule has 0 fully saturated rings. The van der Waals surface area contributed by atoms with Crippen LogP contribution >= 0.6 is 0 Å². The van der Waals surface area contributed by atoms with Crippen LogP contribution in [-0.2, 0) is 0 Å². The van der Waals surface area contributed by atoms with Gasteiger partial charge in [0.05, 0.1) is 6.04 Å². The second-order valence-corrected chi connectivity index (χ2v) is 3.92. The summed E-state index contributed by atoms with van der Waals surface area (Å²) >= 11 is 0. The average Bonchev–Trinajstić information content (AvgIpc) is 2.26. The molecule has 1 aromatic rings. The van der Waals surface area contributed by atoms with Crippen LogP contribution in [0.1, 0.15) is 25.3 Å². The Hall–Kier alpha value is -1.42. The number of aryl methyl sites for hydroxylation is 1. The van der Waals surface area contributed by atoms with Crippen LogP contribution in [-0.4, -0.2) is 13.1 Å². The molecule has 0 amide bonds. The number of hydrogen-bond donors (Lipinski definition) is 0. The van der Waals surface area contributed by atoms with Gasteiger partial charge in [0.2, 0.25) is 0 Å². The summed E-state index contributed by atoms with van der Waals surface area (Å²) in [6.45, 7) is 4.25. The Morgan fingerprint density at radius 2 is 1.93 bits per heavy atom. The molecule has 1 atom stereocenters. The van der Waals surface area contributed by atoms with Crippen molar-refractivity contribution >= 4 is 5.69 Å². The Morgan fingerprint density at radius 3 is 2.40 bits per heavy atom. The molecule has 0 bridgehead atoms. The molecular weight excluding hydrogens is 182 g/mol. The molecule has 0 aromatic heterocycles. The molecule has 1 heteroatoms. The smallest absolute Gasteiger partial charge is 0.0897 e. The van der Waals surface area contributed by atoms with Gasteiger partial charge < -0.3 is 4.90 Å². The van der Waals surface area contributed by atoms with E-state index >= 15 is 0 Å². The van der Waals surface area contributed by atoms with Gasteiger partial charge in [-0.05, 0) is 25.5 Å². The maximum Gasteiger partial charge on any atom is 0.0897 e. The van der Waals surface area contributed by atoms with Crippen molar-refractivity contribution in [3.05, 3.63) is 29.8 Å². The summed E-state index contributed by atoms with van der Waals surface area (Å²) in [5.74, 6) is 2.84. The Bertz CT molecular complexity index is 331. The van der Waals surface area contributed by atoms with Gasteiger partial charge in [-0.1, -0.05) is 37.0 Å². The van der Waals surface area contributed by atoms with Gasteiger partial charge in [0, 0.05) is 12.7 Å². The van der Waals surface area contributed by atoms with Gasteiger partial charge in [-0.15, -0.1) is 6.42 Å². The zero-order valence-electron chi connectivity index (χ0n) is 9.83. The summed E-state index contributed by atoms with van der Waals surface area (Å²) in [6, 6.07) is 8.68. The number of anilines is 1. The van der Waals surface area contributed by atoms with Gasteiger partial charge >= 0.3 is 0 Å². The van der Waals surface area contributed by atoms with Crippen molar-refractivity contribution in [1.82, 2.24) is 0 Å². The van der Waals surface area contributed by atoms with Gasteiger partial charge in [0.15, 0.2) is 0 Å². The topological polar surface area (TPSA) is 3.24 Å². The molecule has 0 unspecified atom stereocenters. The minimum Gasteiger partial charge on any atom is -0.361 e. The maximum atomic E-state index is 5.54. The summed E-state index contributed by atoms with van der Waals surface area (Å²) < 4.78 is 0. The molecule has 0 N–H and O–H groups in total. The van der Waals surface area contributed by atoms with Crippen molar-refractivity contribution in [2.24, 2.45) is 0 Å². The highest BCUT2D eigenvalue weighted by Crippen LogP contribution is 2.17. The molecule has 1 aromatic carbocycles. The van der Waals surface area contributed by atoms with E-state index in [1.807, 2.05) is 0 Å². The molecule has 0 heterocycles. The predicted molar refractivity (Wildman–Crippen MR) is 67.1 cm³/mol. The van der Waals surface area contributed by atoms with Crippen molar-refractivity contribution in [3.63, 3.8) is 0 Å². The molecule has 0 saturated carbocycles. The van der Waals surface area contributed by atoms with Gasteiger partial charge in [-0.3, -0.25) is 0 Å². The van der Waals surface area contributed by atoms with Gasteiger partial charge in [-0.2, -0.15) is 0 Å². The van der Waals surface area contributed by atoms with Crippen LogP contribution in [0.5, 0.6) is 0 Å². The first-order valence-corrected chi connectivity index (χ1v) is 5.44. The molecule has 0 spiro atoms. The number of benzene rings is 1. The van der Waals surface area contributed by atoms with Crippen LogP contribution in [0.2, 0.25) is 0 Å². The molecule has 1 nitrogen and oxygen atoms in total. The third-order valence-electron chi connectivity index (χ3n) is 2.66. The van der Waals surface area contributed by atoms with Crippen LogP contribution in [0.4, 0.5) is 5.69 Å². The summed E-state index contributed by atoms with van der Waals surface area (Å²) in [5, 5.41) is 0. The normalized spacial score (nSPS) is 11.9. The van der Waals surface area contributed by atoms with Gasteiger partial charge in [0.25, 0.3) is 0 Å². The number of terminal acetylenes is 1. The van der Waals surface area contributed by atoms with Crippen molar-refractivity contribution in [3.8, 4) is 12.3 Å². The SMILES string of the molecule is C#C[C@@H](CCC)N(C)c1ccc(C)cc1. The summed E-state index contributed by atoms with van der Waals surface area (Å²) in [7, 11) is 2.06. The lowest BCUT2D eigenvalue weighted by Gasteiger charge is -2.25. The van der Waals surface area contributed by atoms with Crippen LogP contribution in [0.3, 0.4) is 0 Å². The fourth-order valence-electron chi connectivity index (χ4n) is 1.62. The third kappa shape index (κ3) is 3.02. The molecule has 0 aliphatic rings. The molecule has 15 heavy (non-hydrogen) atoms. The number of nitrogens with zero attached hydrogens (tertiary/aromatic N) is 1. The lowest BCUT2D eigenvalue weighted by atomic mass is 10.1. The second-order valence-electron chi connectivity index (χ2n) is 3.92. The quantitative estimate of drug-likeness (QED) is 0.676. The lowest BCUT2D eigenvalue weighted by Crippen LogP contribution is -2.29. The van der Waals surface area contributed by atoms with E-state index in [4.69, 9.17) is 6.42 Å². The van der Waals surface area contributed by atoms with Crippen molar-refractivity contribution in [2.75, 3.05) is 11.9 Å². The maximum absolute atomic E-state index is 5.54. The second kappa shape index (κ2) is 5.46. The molecular formula is C14H19N. The molecule has 0 radical (unpaired) electrons. The third-order valence-corrected chi connectivity index (χ3v) is 2.66. The van der Waals surface area contributed by atoms with Crippen molar-refractivity contribution < 1.29 is 0 Å². The highest BCUT2D eigenvalue weighted by molar-refractivity contribution is 5.49. The lowest BCUT2D eigenvalue weighted by molar-refractivity contribution is 0.680. The average molecular weight is 201 g/mol.